The van der Waals surface area contributed by atoms with Gasteiger partial charge in [0.25, 0.3) is 0 Å². The summed E-state index contributed by atoms with van der Waals surface area (Å²) < 4.78 is 5.70. The van der Waals surface area contributed by atoms with Crippen LogP contribution in [-0.4, -0.2) is 31.3 Å². The fourth-order valence-corrected chi connectivity index (χ4v) is 2.08. The summed E-state index contributed by atoms with van der Waals surface area (Å²) in [6.45, 7) is 1.23. The van der Waals surface area contributed by atoms with Crippen molar-refractivity contribution in [3.63, 3.8) is 0 Å². The number of benzene rings is 2. The van der Waals surface area contributed by atoms with Gasteiger partial charge in [-0.3, -0.25) is 4.79 Å². The third kappa shape index (κ3) is 5.17. The van der Waals surface area contributed by atoms with Crippen molar-refractivity contribution in [3.05, 3.63) is 64.7 Å². The van der Waals surface area contributed by atoms with E-state index in [0.29, 0.717) is 18.1 Å². The molecule has 0 aliphatic rings. The highest BCUT2D eigenvalue weighted by Gasteiger charge is 2.06. The smallest absolute Gasteiger partial charge is 0.164 e. The van der Waals surface area contributed by atoms with E-state index in [4.69, 9.17) is 16.3 Å². The largest absolute Gasteiger partial charge is 0.489 e. The number of ether oxygens (including phenoxy) is 1. The Balaban J connectivity index is 1.88. The fraction of sp³-hybridized carbons (Fsp3) is 0.278. The summed E-state index contributed by atoms with van der Waals surface area (Å²) >= 11 is 5.85. The van der Waals surface area contributed by atoms with E-state index in [1.165, 1.54) is 0 Å². The van der Waals surface area contributed by atoms with E-state index in [1.54, 1.807) is 0 Å². The summed E-state index contributed by atoms with van der Waals surface area (Å²) in [4.78, 5) is 14.0. The summed E-state index contributed by atoms with van der Waals surface area (Å²) in [6.07, 6.45) is 0.526. The Kier molecular flexibility index (Phi) is 5.99. The molecule has 0 radical (unpaired) electrons. The highest BCUT2D eigenvalue weighted by atomic mass is 35.5. The Labute approximate surface area is 136 Å². The van der Waals surface area contributed by atoms with Crippen LogP contribution in [0, 0.1) is 0 Å². The van der Waals surface area contributed by atoms with Gasteiger partial charge in [-0.15, -0.1) is 0 Å². The van der Waals surface area contributed by atoms with Gasteiger partial charge in [0.05, 0.1) is 0 Å². The third-order valence-corrected chi connectivity index (χ3v) is 3.53. The van der Waals surface area contributed by atoms with E-state index < -0.39 is 0 Å². The summed E-state index contributed by atoms with van der Waals surface area (Å²) in [5.74, 6) is 0.900. The minimum Gasteiger partial charge on any atom is -0.489 e. The van der Waals surface area contributed by atoms with E-state index in [1.807, 2.05) is 67.5 Å². The summed E-state index contributed by atoms with van der Waals surface area (Å²) in [5.41, 5.74) is 1.77. The Hall–Kier alpha value is -1.84. The number of nitrogens with zero attached hydrogens (tertiary/aromatic N) is 1. The van der Waals surface area contributed by atoms with Gasteiger partial charge in [-0.1, -0.05) is 23.7 Å². The number of carbonyl (C=O) groups is 1. The number of hydrogen-bond donors (Lipinski definition) is 0. The van der Waals surface area contributed by atoms with Gasteiger partial charge in [-0.2, -0.15) is 0 Å². The Morgan fingerprint density at radius 2 is 1.68 bits per heavy atom. The molecule has 0 atom stereocenters. The molecule has 0 heterocycles. The maximum absolute atomic E-state index is 12.0. The van der Waals surface area contributed by atoms with E-state index in [2.05, 4.69) is 0 Å². The fourth-order valence-electron chi connectivity index (χ4n) is 1.95. The zero-order valence-corrected chi connectivity index (χ0v) is 13.6. The number of halogens is 1. The van der Waals surface area contributed by atoms with Gasteiger partial charge < -0.3 is 9.64 Å². The van der Waals surface area contributed by atoms with Crippen LogP contribution in [0.2, 0.25) is 5.02 Å². The van der Waals surface area contributed by atoms with Crippen LogP contribution in [0.4, 0.5) is 0 Å². The first-order valence-corrected chi connectivity index (χ1v) is 7.57. The van der Waals surface area contributed by atoms with E-state index in [9.17, 15) is 4.79 Å². The van der Waals surface area contributed by atoms with Gasteiger partial charge in [-0.05, 0) is 56.1 Å². The molecule has 22 heavy (non-hydrogen) atoms. The average molecular weight is 318 g/mol. The van der Waals surface area contributed by atoms with Crippen molar-refractivity contribution in [1.29, 1.82) is 0 Å². The molecule has 0 saturated heterocycles. The lowest BCUT2D eigenvalue weighted by Gasteiger charge is -2.09. The van der Waals surface area contributed by atoms with Crippen LogP contribution in [0.1, 0.15) is 22.3 Å². The topological polar surface area (TPSA) is 29.5 Å². The van der Waals surface area contributed by atoms with E-state index in [-0.39, 0.29) is 5.78 Å². The van der Waals surface area contributed by atoms with Crippen LogP contribution in [0.25, 0.3) is 0 Å². The molecule has 0 aromatic heterocycles. The maximum Gasteiger partial charge on any atom is 0.164 e. The molecule has 2 aromatic rings. The molecule has 4 heteroatoms. The monoisotopic (exact) mass is 317 g/mol. The maximum atomic E-state index is 12.0. The van der Waals surface area contributed by atoms with Crippen molar-refractivity contribution in [2.75, 3.05) is 20.6 Å². The average Bonchev–Trinajstić information content (AvgIpc) is 2.52. The van der Waals surface area contributed by atoms with Crippen LogP contribution in [-0.2, 0) is 6.61 Å². The molecule has 0 bridgehead atoms. The predicted octanol–water partition coefficient (Wildman–Crippen LogP) is 4.05. The van der Waals surface area contributed by atoms with Gasteiger partial charge in [0.2, 0.25) is 0 Å². The molecule has 2 rings (SSSR count). The van der Waals surface area contributed by atoms with Crippen LogP contribution in [0.15, 0.2) is 48.5 Å². The third-order valence-electron chi connectivity index (χ3n) is 3.28. The van der Waals surface area contributed by atoms with Crippen molar-refractivity contribution in [1.82, 2.24) is 4.90 Å². The number of ketones is 1. The van der Waals surface area contributed by atoms with Crippen molar-refractivity contribution < 1.29 is 9.53 Å². The van der Waals surface area contributed by atoms with Gasteiger partial charge in [0.1, 0.15) is 12.4 Å². The Bertz CT molecular complexity index is 606. The molecule has 0 fully saturated rings. The molecular formula is C18H20ClNO2. The van der Waals surface area contributed by atoms with Gasteiger partial charge >= 0.3 is 0 Å². The Morgan fingerprint density at radius 3 is 2.27 bits per heavy atom. The molecule has 0 amide bonds. The van der Waals surface area contributed by atoms with E-state index in [0.717, 1.165) is 23.4 Å². The normalized spacial score (nSPS) is 10.7. The summed E-state index contributed by atoms with van der Waals surface area (Å²) in [5, 5.41) is 0.712. The van der Waals surface area contributed by atoms with Crippen molar-refractivity contribution >= 4 is 17.4 Å². The molecule has 0 N–H and O–H groups in total. The second-order valence-corrected chi connectivity index (χ2v) is 5.85. The molecule has 0 spiro atoms. The molecule has 0 saturated carbocycles. The highest BCUT2D eigenvalue weighted by Crippen LogP contribution is 2.16. The Morgan fingerprint density at radius 1 is 1.05 bits per heavy atom. The second-order valence-electron chi connectivity index (χ2n) is 5.42. The lowest BCUT2D eigenvalue weighted by atomic mass is 10.1. The minimum atomic E-state index is 0.151. The zero-order valence-electron chi connectivity index (χ0n) is 12.9. The lowest BCUT2D eigenvalue weighted by molar-refractivity contribution is 0.0972. The SMILES string of the molecule is CN(C)CCC(=O)c1ccc(OCc2ccc(Cl)cc2)cc1. The summed E-state index contributed by atoms with van der Waals surface area (Å²) in [7, 11) is 3.92. The highest BCUT2D eigenvalue weighted by molar-refractivity contribution is 6.30. The predicted molar refractivity (Wildman–Crippen MR) is 89.7 cm³/mol. The lowest BCUT2D eigenvalue weighted by Crippen LogP contribution is -2.16. The first-order valence-electron chi connectivity index (χ1n) is 7.20. The molecule has 0 aliphatic heterocycles. The van der Waals surface area contributed by atoms with E-state index >= 15 is 0 Å². The summed E-state index contributed by atoms with van der Waals surface area (Å²) in [6, 6.07) is 14.8. The number of hydrogen-bond acceptors (Lipinski definition) is 3. The first-order chi connectivity index (χ1) is 10.5. The molecule has 0 unspecified atom stereocenters. The van der Waals surface area contributed by atoms with Gasteiger partial charge in [0.15, 0.2) is 5.78 Å². The number of Topliss-reactive ketones (excluding diaryl/α,β-unsaturated/α-hetero) is 1. The molecule has 2 aromatic carbocycles. The van der Waals surface area contributed by atoms with Crippen LogP contribution in [0.3, 0.4) is 0 Å². The van der Waals surface area contributed by atoms with Crippen LogP contribution in [0.5, 0.6) is 5.75 Å². The second kappa shape index (κ2) is 7.97. The first kappa shape index (κ1) is 16.5. The number of carbonyl (C=O) groups excluding carboxylic acids is 1. The van der Waals surface area contributed by atoms with Crippen molar-refractivity contribution in [2.24, 2.45) is 0 Å². The molecule has 0 aliphatic carbocycles. The molecular weight excluding hydrogens is 298 g/mol. The van der Waals surface area contributed by atoms with Crippen molar-refractivity contribution in [3.8, 4) is 5.75 Å². The van der Waals surface area contributed by atoms with Crippen LogP contribution < -0.4 is 4.74 Å². The van der Waals surface area contributed by atoms with Gasteiger partial charge in [0, 0.05) is 23.6 Å². The number of rotatable bonds is 7. The quantitative estimate of drug-likeness (QED) is 0.721. The zero-order chi connectivity index (χ0) is 15.9. The van der Waals surface area contributed by atoms with Crippen LogP contribution >= 0.6 is 11.6 Å². The van der Waals surface area contributed by atoms with Gasteiger partial charge in [-0.25, -0.2) is 0 Å². The molecule has 3 nitrogen and oxygen atoms in total. The molecule has 116 valence electrons. The van der Waals surface area contributed by atoms with Crippen molar-refractivity contribution in [2.45, 2.75) is 13.0 Å². The minimum absolute atomic E-state index is 0.151. The standard InChI is InChI=1S/C18H20ClNO2/c1-20(2)12-11-18(21)15-5-9-17(10-6-15)22-13-14-3-7-16(19)8-4-14/h3-10H,11-13H2,1-2H3.